The van der Waals surface area contributed by atoms with E-state index in [0.717, 1.165) is 15.4 Å². The van der Waals surface area contributed by atoms with Crippen molar-refractivity contribution in [3.8, 4) is 11.1 Å². The third-order valence-corrected chi connectivity index (χ3v) is 6.00. The van der Waals surface area contributed by atoms with E-state index in [9.17, 15) is 13.2 Å². The Morgan fingerprint density at radius 2 is 1.68 bits per heavy atom. The van der Waals surface area contributed by atoms with Crippen LogP contribution in [0.2, 0.25) is 0 Å². The molecule has 2 aromatic carbocycles. The van der Waals surface area contributed by atoms with Gasteiger partial charge in [0, 0.05) is 31.4 Å². The molecule has 28 heavy (non-hydrogen) atoms. The molecule has 0 aliphatic heterocycles. The minimum Gasteiger partial charge on any atom is -0.321 e. The third-order valence-electron chi connectivity index (χ3n) is 4.19. The lowest BCUT2D eigenvalue weighted by atomic mass is 10.1. The zero-order valence-electron chi connectivity index (χ0n) is 15.7. The Bertz CT molecular complexity index is 1080. The van der Waals surface area contributed by atoms with Crippen molar-refractivity contribution >= 4 is 21.6 Å². The fourth-order valence-electron chi connectivity index (χ4n) is 2.73. The van der Waals surface area contributed by atoms with Crippen LogP contribution in [0.15, 0.2) is 84.0 Å². The number of rotatable bonds is 6. The van der Waals surface area contributed by atoms with Gasteiger partial charge in [-0.25, -0.2) is 12.7 Å². The molecule has 0 spiro atoms. The number of anilines is 1. The minimum absolute atomic E-state index is 0.116. The molecule has 0 unspecified atom stereocenters. The average molecular weight is 396 g/mol. The Morgan fingerprint density at radius 3 is 2.39 bits per heavy atom. The number of nitrogens with zero attached hydrogens (tertiary/aromatic N) is 2. The van der Waals surface area contributed by atoms with Crippen LogP contribution in [0.3, 0.4) is 0 Å². The molecule has 0 radical (unpaired) electrons. The molecule has 0 saturated carbocycles. The molecule has 1 heterocycles. The van der Waals surface area contributed by atoms with Crippen LogP contribution in [0.4, 0.5) is 5.69 Å². The van der Waals surface area contributed by atoms with E-state index in [0.29, 0.717) is 5.69 Å². The molecule has 0 fully saturated rings. The molecule has 1 aromatic heterocycles. The molecule has 0 aliphatic carbocycles. The maximum Gasteiger partial charge on any atom is 0.290 e. The largest absolute Gasteiger partial charge is 0.321 e. The summed E-state index contributed by atoms with van der Waals surface area (Å²) >= 11 is 0. The molecule has 0 saturated heterocycles. The molecule has 0 bridgehead atoms. The normalized spacial score (nSPS) is 11.4. The maximum absolute atomic E-state index is 12.4. The van der Waals surface area contributed by atoms with E-state index in [1.165, 1.54) is 26.2 Å². The van der Waals surface area contributed by atoms with Gasteiger partial charge in [0.25, 0.3) is 5.91 Å². The van der Waals surface area contributed by atoms with Gasteiger partial charge in [-0.1, -0.05) is 36.4 Å². The van der Waals surface area contributed by atoms with Crippen LogP contribution in [-0.4, -0.2) is 32.7 Å². The van der Waals surface area contributed by atoms with Gasteiger partial charge in [0.15, 0.2) is 12.4 Å². The summed E-state index contributed by atoms with van der Waals surface area (Å²) in [6, 6.07) is 20.0. The number of aromatic nitrogens is 1. The van der Waals surface area contributed by atoms with Gasteiger partial charge in [0.1, 0.15) is 0 Å². The van der Waals surface area contributed by atoms with Crippen molar-refractivity contribution < 1.29 is 17.8 Å². The SMILES string of the molecule is CN(C)S(=O)(=O)c1cccc(NC(=O)C[n+]2cccc(-c3ccccc3)c2)c1. The van der Waals surface area contributed by atoms with Gasteiger partial charge < -0.3 is 5.32 Å². The van der Waals surface area contributed by atoms with Crippen molar-refractivity contribution in [1.82, 2.24) is 4.31 Å². The highest BCUT2D eigenvalue weighted by molar-refractivity contribution is 7.89. The second-order valence-electron chi connectivity index (χ2n) is 6.49. The second kappa shape index (κ2) is 8.33. The van der Waals surface area contributed by atoms with Gasteiger partial charge in [0.2, 0.25) is 16.6 Å². The number of hydrogen-bond donors (Lipinski definition) is 1. The number of hydrogen-bond acceptors (Lipinski definition) is 3. The van der Waals surface area contributed by atoms with Gasteiger partial charge in [-0.15, -0.1) is 0 Å². The molecule has 0 atom stereocenters. The monoisotopic (exact) mass is 396 g/mol. The van der Waals surface area contributed by atoms with E-state index in [1.54, 1.807) is 16.7 Å². The standard InChI is InChI=1S/C21H21N3O3S/c1-23(2)28(26,27)20-12-6-11-19(14-20)22-21(25)16-24-13-7-10-18(15-24)17-8-4-3-5-9-17/h3-15H,16H2,1-2H3/p+1. The van der Waals surface area contributed by atoms with Gasteiger partial charge in [-0.2, -0.15) is 4.57 Å². The first-order valence-corrected chi connectivity index (χ1v) is 10.2. The second-order valence-corrected chi connectivity index (χ2v) is 8.65. The number of nitrogens with one attached hydrogen (secondary N) is 1. The third kappa shape index (κ3) is 4.62. The first-order valence-electron chi connectivity index (χ1n) is 8.73. The molecule has 3 rings (SSSR count). The van der Waals surface area contributed by atoms with Gasteiger partial charge in [-0.3, -0.25) is 4.79 Å². The summed E-state index contributed by atoms with van der Waals surface area (Å²) in [5, 5.41) is 2.76. The molecule has 0 aliphatic rings. The van der Waals surface area contributed by atoms with Crippen molar-refractivity contribution in [1.29, 1.82) is 0 Å². The van der Waals surface area contributed by atoms with Crippen molar-refractivity contribution in [3.63, 3.8) is 0 Å². The Morgan fingerprint density at radius 1 is 0.964 bits per heavy atom. The summed E-state index contributed by atoms with van der Waals surface area (Å²) in [6.07, 6.45) is 3.72. The summed E-state index contributed by atoms with van der Waals surface area (Å²) in [4.78, 5) is 12.6. The van der Waals surface area contributed by atoms with Crippen LogP contribution >= 0.6 is 0 Å². The van der Waals surface area contributed by atoms with E-state index < -0.39 is 10.0 Å². The summed E-state index contributed by atoms with van der Waals surface area (Å²) in [7, 11) is -0.615. The van der Waals surface area contributed by atoms with E-state index in [2.05, 4.69) is 5.32 Å². The summed E-state index contributed by atoms with van der Waals surface area (Å²) in [6.45, 7) is 0.116. The summed E-state index contributed by atoms with van der Waals surface area (Å²) in [5.74, 6) is -0.241. The summed E-state index contributed by atoms with van der Waals surface area (Å²) in [5.41, 5.74) is 2.52. The number of sulfonamides is 1. The predicted molar refractivity (Wildman–Crippen MR) is 108 cm³/mol. The fourth-order valence-corrected chi connectivity index (χ4v) is 3.68. The maximum atomic E-state index is 12.4. The fraction of sp³-hybridized carbons (Fsp3) is 0.143. The van der Waals surface area contributed by atoms with Gasteiger partial charge in [-0.05, 0) is 29.8 Å². The lowest BCUT2D eigenvalue weighted by Gasteiger charge is -2.12. The Balaban J connectivity index is 1.73. The number of pyridine rings is 1. The van der Waals surface area contributed by atoms with Crippen LogP contribution in [0, 0.1) is 0 Å². The molecule has 7 heteroatoms. The van der Waals surface area contributed by atoms with Crippen LogP contribution in [0.1, 0.15) is 0 Å². The highest BCUT2D eigenvalue weighted by Gasteiger charge is 2.18. The first kappa shape index (κ1) is 19.7. The highest BCUT2D eigenvalue weighted by Crippen LogP contribution is 2.18. The smallest absolute Gasteiger partial charge is 0.290 e. The highest BCUT2D eigenvalue weighted by atomic mass is 32.2. The minimum atomic E-state index is -3.55. The zero-order valence-corrected chi connectivity index (χ0v) is 16.6. The zero-order chi connectivity index (χ0) is 20.1. The van der Waals surface area contributed by atoms with Gasteiger partial charge in [0.05, 0.1) is 4.90 Å². The van der Waals surface area contributed by atoms with Crippen LogP contribution < -0.4 is 9.88 Å². The predicted octanol–water partition coefficient (Wildman–Crippen LogP) is 2.53. The number of carbonyl (C=O) groups is 1. The van der Waals surface area contributed by atoms with E-state index in [-0.39, 0.29) is 17.3 Å². The lowest BCUT2D eigenvalue weighted by molar-refractivity contribution is -0.683. The van der Waals surface area contributed by atoms with E-state index in [4.69, 9.17) is 0 Å². The summed E-state index contributed by atoms with van der Waals surface area (Å²) < 4.78 is 27.4. The number of benzene rings is 2. The van der Waals surface area contributed by atoms with Crippen LogP contribution in [0.5, 0.6) is 0 Å². The average Bonchev–Trinajstić information content (AvgIpc) is 2.69. The van der Waals surface area contributed by atoms with Crippen molar-refractivity contribution in [2.45, 2.75) is 11.4 Å². The van der Waals surface area contributed by atoms with Crippen molar-refractivity contribution in [2.75, 3.05) is 19.4 Å². The first-order chi connectivity index (χ1) is 13.4. The van der Waals surface area contributed by atoms with E-state index in [1.807, 2.05) is 54.9 Å². The molecule has 144 valence electrons. The molecule has 1 amide bonds. The van der Waals surface area contributed by atoms with Crippen LogP contribution in [-0.2, 0) is 21.4 Å². The molecule has 1 N–H and O–H groups in total. The number of amides is 1. The van der Waals surface area contributed by atoms with Gasteiger partial charge >= 0.3 is 0 Å². The molecular weight excluding hydrogens is 374 g/mol. The Hall–Kier alpha value is -3.03. The van der Waals surface area contributed by atoms with E-state index >= 15 is 0 Å². The Kier molecular flexibility index (Phi) is 5.87. The topological polar surface area (TPSA) is 70.4 Å². The Labute approximate surface area is 165 Å². The molecule has 3 aromatic rings. The van der Waals surface area contributed by atoms with Crippen molar-refractivity contribution in [2.24, 2.45) is 0 Å². The quantitative estimate of drug-likeness (QED) is 0.651. The van der Waals surface area contributed by atoms with Crippen molar-refractivity contribution in [3.05, 3.63) is 79.1 Å². The van der Waals surface area contributed by atoms with Crippen LogP contribution in [0.25, 0.3) is 11.1 Å². The number of carbonyl (C=O) groups excluding carboxylic acids is 1. The molecular formula is C21H22N3O3S+. The lowest BCUT2D eigenvalue weighted by Crippen LogP contribution is -2.39. The molecule has 6 nitrogen and oxygen atoms in total.